The standard InChI is InChI=1S/C13H20BrN3/c1-10-8-17(13(7-15)9-16(10)2)12-5-3-4-11(14)6-12/h3-6,10,13H,7-9,15H2,1-2H3. The molecule has 2 rings (SSSR count). The van der Waals surface area contributed by atoms with Crippen LogP contribution < -0.4 is 10.6 Å². The molecule has 0 radical (unpaired) electrons. The molecule has 0 bridgehead atoms. The lowest BCUT2D eigenvalue weighted by Gasteiger charge is -2.44. The largest absolute Gasteiger partial charge is 0.364 e. The van der Waals surface area contributed by atoms with Crippen LogP contribution >= 0.6 is 15.9 Å². The average Bonchev–Trinajstić information content (AvgIpc) is 2.32. The molecule has 1 aliphatic heterocycles. The van der Waals surface area contributed by atoms with Crippen LogP contribution in [-0.4, -0.2) is 43.7 Å². The average molecular weight is 298 g/mol. The van der Waals surface area contributed by atoms with Crippen LogP contribution in [0.25, 0.3) is 0 Å². The lowest BCUT2D eigenvalue weighted by molar-refractivity contribution is 0.202. The molecule has 1 aliphatic rings. The fourth-order valence-corrected chi connectivity index (χ4v) is 2.74. The van der Waals surface area contributed by atoms with E-state index in [1.54, 1.807) is 0 Å². The summed E-state index contributed by atoms with van der Waals surface area (Å²) >= 11 is 3.53. The summed E-state index contributed by atoms with van der Waals surface area (Å²) < 4.78 is 1.12. The number of hydrogen-bond acceptors (Lipinski definition) is 3. The van der Waals surface area contributed by atoms with Crippen LogP contribution in [0.3, 0.4) is 0 Å². The van der Waals surface area contributed by atoms with Crippen molar-refractivity contribution in [3.05, 3.63) is 28.7 Å². The van der Waals surface area contributed by atoms with E-state index in [1.807, 2.05) is 0 Å². The number of likely N-dealkylation sites (N-methyl/N-ethyl adjacent to an activating group) is 1. The van der Waals surface area contributed by atoms with E-state index in [4.69, 9.17) is 5.73 Å². The van der Waals surface area contributed by atoms with Gasteiger partial charge < -0.3 is 10.6 Å². The minimum Gasteiger partial charge on any atom is -0.364 e. The molecule has 0 amide bonds. The van der Waals surface area contributed by atoms with Gasteiger partial charge in [0.15, 0.2) is 0 Å². The van der Waals surface area contributed by atoms with E-state index in [-0.39, 0.29) is 0 Å². The van der Waals surface area contributed by atoms with Crippen molar-refractivity contribution in [2.75, 3.05) is 31.6 Å². The molecule has 17 heavy (non-hydrogen) atoms. The van der Waals surface area contributed by atoms with Crippen molar-refractivity contribution in [2.45, 2.75) is 19.0 Å². The Labute approximate surface area is 112 Å². The molecule has 3 nitrogen and oxygen atoms in total. The van der Waals surface area contributed by atoms with Gasteiger partial charge in [-0.25, -0.2) is 0 Å². The first kappa shape index (κ1) is 12.9. The van der Waals surface area contributed by atoms with Crippen molar-refractivity contribution in [1.29, 1.82) is 0 Å². The number of halogens is 1. The molecule has 0 aromatic heterocycles. The molecule has 0 aliphatic carbocycles. The molecular formula is C13H20BrN3. The summed E-state index contributed by atoms with van der Waals surface area (Å²) in [6.07, 6.45) is 0. The molecule has 94 valence electrons. The molecule has 4 heteroatoms. The maximum Gasteiger partial charge on any atom is 0.0540 e. The second-order valence-corrected chi connectivity index (χ2v) is 5.73. The smallest absolute Gasteiger partial charge is 0.0540 e. The molecule has 2 N–H and O–H groups in total. The van der Waals surface area contributed by atoms with Crippen LogP contribution in [0.5, 0.6) is 0 Å². The highest BCUT2D eigenvalue weighted by molar-refractivity contribution is 9.10. The van der Waals surface area contributed by atoms with Gasteiger partial charge in [0.2, 0.25) is 0 Å². The summed E-state index contributed by atoms with van der Waals surface area (Å²) in [6.45, 7) is 5.03. The molecule has 1 fully saturated rings. The van der Waals surface area contributed by atoms with E-state index >= 15 is 0 Å². The summed E-state index contributed by atoms with van der Waals surface area (Å²) in [6, 6.07) is 9.44. The van der Waals surface area contributed by atoms with Crippen molar-refractivity contribution in [2.24, 2.45) is 5.73 Å². The zero-order valence-corrected chi connectivity index (χ0v) is 12.0. The van der Waals surface area contributed by atoms with E-state index < -0.39 is 0 Å². The Hall–Kier alpha value is -0.580. The van der Waals surface area contributed by atoms with Gasteiger partial charge in [-0.05, 0) is 32.2 Å². The van der Waals surface area contributed by atoms with Gasteiger partial charge in [0.25, 0.3) is 0 Å². The minimum atomic E-state index is 0.408. The van der Waals surface area contributed by atoms with Crippen LogP contribution in [0.2, 0.25) is 0 Å². The third-order valence-corrected chi connectivity index (χ3v) is 4.06. The Morgan fingerprint density at radius 3 is 2.82 bits per heavy atom. The highest BCUT2D eigenvalue weighted by atomic mass is 79.9. The monoisotopic (exact) mass is 297 g/mol. The van der Waals surface area contributed by atoms with E-state index in [0.717, 1.165) is 17.6 Å². The lowest BCUT2D eigenvalue weighted by Crippen LogP contribution is -2.58. The first-order valence-electron chi connectivity index (χ1n) is 6.04. The number of piperazine rings is 1. The second-order valence-electron chi connectivity index (χ2n) is 4.81. The summed E-state index contributed by atoms with van der Waals surface area (Å²) in [5, 5.41) is 0. The Morgan fingerprint density at radius 1 is 1.41 bits per heavy atom. The van der Waals surface area contributed by atoms with Gasteiger partial charge in [-0.1, -0.05) is 22.0 Å². The lowest BCUT2D eigenvalue weighted by atomic mass is 10.1. The molecule has 1 heterocycles. The summed E-state index contributed by atoms with van der Waals surface area (Å²) in [5.41, 5.74) is 7.16. The Balaban J connectivity index is 2.23. The van der Waals surface area contributed by atoms with Gasteiger partial charge >= 0.3 is 0 Å². The van der Waals surface area contributed by atoms with Crippen LogP contribution in [-0.2, 0) is 0 Å². The van der Waals surface area contributed by atoms with E-state index in [9.17, 15) is 0 Å². The van der Waals surface area contributed by atoms with Crippen LogP contribution in [0.4, 0.5) is 5.69 Å². The van der Waals surface area contributed by atoms with Gasteiger partial charge in [0, 0.05) is 35.8 Å². The second kappa shape index (κ2) is 5.38. The predicted molar refractivity (Wildman–Crippen MR) is 76.4 cm³/mol. The maximum absolute atomic E-state index is 5.90. The third kappa shape index (κ3) is 2.81. The number of rotatable bonds is 2. The Bertz CT molecular complexity index is 383. The Kier molecular flexibility index (Phi) is 4.07. The molecule has 2 atom stereocenters. The zero-order valence-electron chi connectivity index (χ0n) is 10.4. The van der Waals surface area contributed by atoms with E-state index in [2.05, 4.69) is 64.0 Å². The first-order chi connectivity index (χ1) is 8.11. The fourth-order valence-electron chi connectivity index (χ4n) is 2.36. The minimum absolute atomic E-state index is 0.408. The Morgan fingerprint density at radius 2 is 2.18 bits per heavy atom. The zero-order chi connectivity index (χ0) is 12.4. The number of benzene rings is 1. The fraction of sp³-hybridized carbons (Fsp3) is 0.538. The van der Waals surface area contributed by atoms with Gasteiger partial charge in [0.05, 0.1) is 6.04 Å². The molecular weight excluding hydrogens is 278 g/mol. The maximum atomic E-state index is 5.90. The molecule has 2 unspecified atom stereocenters. The van der Waals surface area contributed by atoms with E-state index in [0.29, 0.717) is 18.6 Å². The van der Waals surface area contributed by atoms with Crippen molar-refractivity contribution < 1.29 is 0 Å². The molecule has 1 saturated heterocycles. The van der Waals surface area contributed by atoms with Crippen molar-refractivity contribution >= 4 is 21.6 Å². The number of hydrogen-bond donors (Lipinski definition) is 1. The molecule has 0 spiro atoms. The highest BCUT2D eigenvalue weighted by Crippen LogP contribution is 2.25. The number of nitrogens with zero attached hydrogens (tertiary/aromatic N) is 2. The van der Waals surface area contributed by atoms with Crippen molar-refractivity contribution in [3.8, 4) is 0 Å². The molecule has 1 aromatic carbocycles. The van der Waals surface area contributed by atoms with Gasteiger partial charge in [-0.2, -0.15) is 0 Å². The third-order valence-electron chi connectivity index (χ3n) is 3.56. The SMILES string of the molecule is CC1CN(c2cccc(Br)c2)C(CN)CN1C. The first-order valence-corrected chi connectivity index (χ1v) is 6.83. The van der Waals surface area contributed by atoms with Crippen LogP contribution in [0, 0.1) is 0 Å². The number of nitrogens with two attached hydrogens (primary N) is 1. The van der Waals surface area contributed by atoms with Gasteiger partial charge in [-0.15, -0.1) is 0 Å². The topological polar surface area (TPSA) is 32.5 Å². The summed E-state index contributed by atoms with van der Waals surface area (Å²) in [7, 11) is 2.17. The highest BCUT2D eigenvalue weighted by Gasteiger charge is 2.28. The number of anilines is 1. The van der Waals surface area contributed by atoms with Gasteiger partial charge in [-0.3, -0.25) is 4.90 Å². The van der Waals surface area contributed by atoms with Crippen molar-refractivity contribution in [1.82, 2.24) is 4.90 Å². The van der Waals surface area contributed by atoms with E-state index in [1.165, 1.54) is 5.69 Å². The summed E-state index contributed by atoms with van der Waals surface area (Å²) in [5.74, 6) is 0. The molecule has 1 aromatic rings. The quantitative estimate of drug-likeness (QED) is 0.905. The molecule has 0 saturated carbocycles. The van der Waals surface area contributed by atoms with Crippen LogP contribution in [0.1, 0.15) is 6.92 Å². The van der Waals surface area contributed by atoms with Crippen LogP contribution in [0.15, 0.2) is 28.7 Å². The summed E-state index contributed by atoms with van der Waals surface area (Å²) in [4.78, 5) is 4.81. The normalized spacial score (nSPS) is 26.2. The predicted octanol–water partition coefficient (Wildman–Crippen LogP) is 1.92. The van der Waals surface area contributed by atoms with Gasteiger partial charge in [0.1, 0.15) is 0 Å². The van der Waals surface area contributed by atoms with Crippen molar-refractivity contribution in [3.63, 3.8) is 0 Å².